The smallest absolute Gasteiger partial charge is 0.306 e. The van der Waals surface area contributed by atoms with Crippen LogP contribution in [-0.2, 0) is 4.79 Å². The fourth-order valence-corrected chi connectivity index (χ4v) is 2.98. The van der Waals surface area contributed by atoms with Gasteiger partial charge in [0.15, 0.2) is 0 Å². The average molecular weight is 247 g/mol. The number of aryl methyl sites for hydroxylation is 1. The molecular weight excluding hydrogens is 226 g/mol. The number of hydrogen-bond acceptors (Lipinski definition) is 2. The van der Waals surface area contributed by atoms with E-state index in [9.17, 15) is 4.79 Å². The SMILES string of the molecule is Cc1cc(C2CCC(C(C)C(=O)O)CC2)ccn1. The van der Waals surface area contributed by atoms with Crippen LogP contribution in [0.2, 0.25) is 0 Å². The number of aliphatic carboxylic acids is 1. The van der Waals surface area contributed by atoms with Gasteiger partial charge in [-0.15, -0.1) is 0 Å². The molecule has 0 spiro atoms. The highest BCUT2D eigenvalue weighted by Crippen LogP contribution is 2.38. The van der Waals surface area contributed by atoms with Crippen LogP contribution >= 0.6 is 0 Å². The molecule has 1 atom stereocenters. The number of nitrogens with zero attached hydrogens (tertiary/aromatic N) is 1. The minimum absolute atomic E-state index is 0.204. The van der Waals surface area contributed by atoms with E-state index in [2.05, 4.69) is 17.1 Å². The number of carboxylic acids is 1. The number of hydrogen-bond donors (Lipinski definition) is 1. The van der Waals surface area contributed by atoms with Gasteiger partial charge in [-0.25, -0.2) is 0 Å². The van der Waals surface area contributed by atoms with E-state index in [0.717, 1.165) is 31.4 Å². The Bertz CT molecular complexity index is 422. The average Bonchev–Trinajstić information content (AvgIpc) is 2.38. The Balaban J connectivity index is 1.96. The lowest BCUT2D eigenvalue weighted by Crippen LogP contribution is -2.24. The normalized spacial score (nSPS) is 25.7. The van der Waals surface area contributed by atoms with Gasteiger partial charge < -0.3 is 5.11 Å². The number of carboxylic acid groups (broad SMARTS) is 1. The van der Waals surface area contributed by atoms with E-state index in [1.165, 1.54) is 5.56 Å². The lowest BCUT2D eigenvalue weighted by molar-refractivity contribution is -0.143. The van der Waals surface area contributed by atoms with Gasteiger partial charge in [0.1, 0.15) is 0 Å². The lowest BCUT2D eigenvalue weighted by atomic mass is 9.74. The largest absolute Gasteiger partial charge is 0.481 e. The molecule has 0 radical (unpaired) electrons. The number of rotatable bonds is 3. The predicted molar refractivity (Wildman–Crippen MR) is 70.5 cm³/mol. The van der Waals surface area contributed by atoms with Crippen molar-refractivity contribution in [2.75, 3.05) is 0 Å². The summed E-state index contributed by atoms with van der Waals surface area (Å²) in [4.78, 5) is 15.2. The molecule has 3 heteroatoms. The topological polar surface area (TPSA) is 50.2 Å². The standard InChI is InChI=1S/C15H21NO2/c1-10-9-14(7-8-16-10)13-5-3-12(4-6-13)11(2)15(17)18/h7-9,11-13H,3-6H2,1-2H3,(H,17,18). The zero-order valence-electron chi connectivity index (χ0n) is 11.1. The molecule has 1 unspecified atom stereocenters. The quantitative estimate of drug-likeness (QED) is 0.890. The van der Waals surface area contributed by atoms with E-state index in [1.54, 1.807) is 0 Å². The van der Waals surface area contributed by atoms with Crippen molar-refractivity contribution in [1.29, 1.82) is 0 Å². The summed E-state index contributed by atoms with van der Waals surface area (Å²) in [6.07, 6.45) is 6.13. The van der Waals surface area contributed by atoms with Crippen LogP contribution in [0.5, 0.6) is 0 Å². The first-order chi connectivity index (χ1) is 8.58. The first-order valence-electron chi connectivity index (χ1n) is 6.73. The summed E-state index contributed by atoms with van der Waals surface area (Å²) < 4.78 is 0. The fourth-order valence-electron chi connectivity index (χ4n) is 2.98. The van der Waals surface area contributed by atoms with Crippen molar-refractivity contribution in [3.63, 3.8) is 0 Å². The molecule has 0 saturated heterocycles. The van der Waals surface area contributed by atoms with Crippen molar-refractivity contribution in [2.45, 2.75) is 45.4 Å². The number of pyridine rings is 1. The van der Waals surface area contributed by atoms with Gasteiger partial charge >= 0.3 is 5.97 Å². The van der Waals surface area contributed by atoms with Crippen LogP contribution in [0.3, 0.4) is 0 Å². The number of carbonyl (C=O) groups is 1. The fraction of sp³-hybridized carbons (Fsp3) is 0.600. The zero-order valence-corrected chi connectivity index (χ0v) is 11.1. The second kappa shape index (κ2) is 5.51. The van der Waals surface area contributed by atoms with Crippen LogP contribution in [0, 0.1) is 18.8 Å². The second-order valence-electron chi connectivity index (χ2n) is 5.47. The Labute approximate surface area is 108 Å². The maximum Gasteiger partial charge on any atom is 0.306 e. The van der Waals surface area contributed by atoms with Crippen molar-refractivity contribution in [2.24, 2.45) is 11.8 Å². The van der Waals surface area contributed by atoms with E-state index in [1.807, 2.05) is 20.0 Å². The van der Waals surface area contributed by atoms with Crippen LogP contribution in [0.15, 0.2) is 18.3 Å². The summed E-state index contributed by atoms with van der Waals surface area (Å²) in [6.45, 7) is 3.85. The minimum Gasteiger partial charge on any atom is -0.481 e. The second-order valence-corrected chi connectivity index (χ2v) is 5.47. The lowest BCUT2D eigenvalue weighted by Gasteiger charge is -2.30. The Hall–Kier alpha value is -1.38. The molecule has 0 bridgehead atoms. The molecule has 1 aliphatic carbocycles. The summed E-state index contributed by atoms with van der Waals surface area (Å²) in [7, 11) is 0. The molecular formula is C15H21NO2. The van der Waals surface area contributed by atoms with Crippen molar-refractivity contribution in [1.82, 2.24) is 4.98 Å². The van der Waals surface area contributed by atoms with Gasteiger partial charge in [0, 0.05) is 11.9 Å². The molecule has 18 heavy (non-hydrogen) atoms. The summed E-state index contributed by atoms with van der Waals surface area (Å²) in [6, 6.07) is 4.25. The molecule has 0 amide bonds. The van der Waals surface area contributed by atoms with Crippen LogP contribution in [0.1, 0.15) is 49.8 Å². The Kier molecular flexibility index (Phi) is 4.00. The van der Waals surface area contributed by atoms with Crippen molar-refractivity contribution < 1.29 is 9.90 Å². The van der Waals surface area contributed by atoms with Gasteiger partial charge in [0.25, 0.3) is 0 Å². The van der Waals surface area contributed by atoms with Gasteiger partial charge in [-0.2, -0.15) is 0 Å². The van der Waals surface area contributed by atoms with Gasteiger partial charge in [-0.05, 0) is 62.1 Å². The van der Waals surface area contributed by atoms with Gasteiger partial charge in [0.05, 0.1) is 5.92 Å². The summed E-state index contributed by atoms with van der Waals surface area (Å²) in [5.41, 5.74) is 2.43. The molecule has 1 heterocycles. The van der Waals surface area contributed by atoms with E-state index in [-0.39, 0.29) is 5.92 Å². The molecule has 98 valence electrons. The Morgan fingerprint density at radius 1 is 1.39 bits per heavy atom. The maximum atomic E-state index is 11.0. The highest BCUT2D eigenvalue weighted by molar-refractivity contribution is 5.69. The van der Waals surface area contributed by atoms with E-state index < -0.39 is 5.97 Å². The van der Waals surface area contributed by atoms with E-state index in [4.69, 9.17) is 5.11 Å². The minimum atomic E-state index is -0.654. The van der Waals surface area contributed by atoms with E-state index >= 15 is 0 Å². The van der Waals surface area contributed by atoms with Crippen LogP contribution < -0.4 is 0 Å². The molecule has 1 aromatic rings. The van der Waals surface area contributed by atoms with Crippen molar-refractivity contribution in [3.8, 4) is 0 Å². The maximum absolute atomic E-state index is 11.0. The monoisotopic (exact) mass is 247 g/mol. The molecule has 1 fully saturated rings. The third-order valence-corrected chi connectivity index (χ3v) is 4.26. The summed E-state index contributed by atoms with van der Waals surface area (Å²) in [5.74, 6) is 0.0777. The molecule has 1 N–H and O–H groups in total. The first kappa shape index (κ1) is 13.1. The highest BCUT2D eigenvalue weighted by Gasteiger charge is 2.29. The first-order valence-corrected chi connectivity index (χ1v) is 6.73. The molecule has 1 aromatic heterocycles. The summed E-state index contributed by atoms with van der Waals surface area (Å²) in [5, 5.41) is 9.05. The van der Waals surface area contributed by atoms with Gasteiger partial charge in [-0.1, -0.05) is 6.92 Å². The predicted octanol–water partition coefficient (Wildman–Crippen LogP) is 3.38. The molecule has 2 rings (SSSR count). The highest BCUT2D eigenvalue weighted by atomic mass is 16.4. The zero-order chi connectivity index (χ0) is 13.1. The molecule has 3 nitrogen and oxygen atoms in total. The molecule has 0 aromatic carbocycles. The van der Waals surface area contributed by atoms with Crippen LogP contribution in [0.4, 0.5) is 0 Å². The number of aromatic nitrogens is 1. The third-order valence-electron chi connectivity index (χ3n) is 4.26. The van der Waals surface area contributed by atoms with Gasteiger partial charge in [0.2, 0.25) is 0 Å². The van der Waals surface area contributed by atoms with Crippen molar-refractivity contribution >= 4 is 5.97 Å². The third kappa shape index (κ3) is 2.89. The van der Waals surface area contributed by atoms with Crippen molar-refractivity contribution in [3.05, 3.63) is 29.6 Å². The molecule has 1 aliphatic rings. The van der Waals surface area contributed by atoms with Gasteiger partial charge in [-0.3, -0.25) is 9.78 Å². The molecule has 1 saturated carbocycles. The Morgan fingerprint density at radius 3 is 2.61 bits per heavy atom. The van der Waals surface area contributed by atoms with Crippen LogP contribution in [0.25, 0.3) is 0 Å². The summed E-state index contributed by atoms with van der Waals surface area (Å²) >= 11 is 0. The van der Waals surface area contributed by atoms with Crippen LogP contribution in [-0.4, -0.2) is 16.1 Å². The Morgan fingerprint density at radius 2 is 2.06 bits per heavy atom. The van der Waals surface area contributed by atoms with E-state index in [0.29, 0.717) is 11.8 Å². The molecule has 0 aliphatic heterocycles.